The molecule has 4 nitrogen and oxygen atoms in total. The molecule has 0 atom stereocenters. The van der Waals surface area contributed by atoms with Crippen molar-refractivity contribution in [3.05, 3.63) is 71.0 Å². The SMILES string of the molecule is Cc1cccc(N2C(=O)C(O)=C(c3ccccc3)C2=O)c1C. The van der Waals surface area contributed by atoms with Gasteiger partial charge in [-0.15, -0.1) is 0 Å². The van der Waals surface area contributed by atoms with E-state index < -0.39 is 17.6 Å². The Morgan fingerprint density at radius 1 is 0.864 bits per heavy atom. The number of benzene rings is 2. The molecule has 1 heterocycles. The number of amides is 2. The maximum atomic E-state index is 12.7. The van der Waals surface area contributed by atoms with Gasteiger partial charge in [-0.25, -0.2) is 4.90 Å². The first kappa shape index (κ1) is 14.1. The zero-order valence-corrected chi connectivity index (χ0v) is 12.3. The summed E-state index contributed by atoms with van der Waals surface area (Å²) in [6.07, 6.45) is 0. The number of carbonyl (C=O) groups excluding carboxylic acids is 2. The summed E-state index contributed by atoms with van der Waals surface area (Å²) in [7, 11) is 0. The van der Waals surface area contributed by atoms with Gasteiger partial charge in [0.05, 0.1) is 11.3 Å². The number of aliphatic hydroxyl groups is 1. The van der Waals surface area contributed by atoms with Gasteiger partial charge in [0.25, 0.3) is 5.91 Å². The number of hydrogen-bond donors (Lipinski definition) is 1. The van der Waals surface area contributed by atoms with Crippen LogP contribution in [0.15, 0.2) is 54.3 Å². The Kier molecular flexibility index (Phi) is 3.29. The van der Waals surface area contributed by atoms with E-state index in [1.165, 1.54) is 0 Å². The van der Waals surface area contributed by atoms with E-state index in [9.17, 15) is 14.7 Å². The Morgan fingerprint density at radius 3 is 2.23 bits per heavy atom. The highest BCUT2D eigenvalue weighted by Gasteiger charge is 2.40. The normalized spacial score (nSPS) is 14.9. The molecule has 0 radical (unpaired) electrons. The topological polar surface area (TPSA) is 57.6 Å². The first-order chi connectivity index (χ1) is 10.5. The van der Waals surface area contributed by atoms with E-state index in [0.717, 1.165) is 16.0 Å². The summed E-state index contributed by atoms with van der Waals surface area (Å²) in [6.45, 7) is 3.76. The molecule has 0 fully saturated rings. The molecule has 0 unspecified atom stereocenters. The van der Waals surface area contributed by atoms with Gasteiger partial charge in [-0.2, -0.15) is 0 Å². The maximum absolute atomic E-state index is 12.7. The van der Waals surface area contributed by atoms with Crippen molar-refractivity contribution >= 4 is 23.1 Å². The predicted molar refractivity (Wildman–Crippen MR) is 84.4 cm³/mol. The molecule has 0 spiro atoms. The van der Waals surface area contributed by atoms with Gasteiger partial charge in [0.15, 0.2) is 5.76 Å². The van der Waals surface area contributed by atoms with Gasteiger partial charge < -0.3 is 5.11 Å². The fourth-order valence-electron chi connectivity index (χ4n) is 2.58. The molecule has 2 amide bonds. The minimum absolute atomic E-state index is 0.0477. The molecule has 0 bridgehead atoms. The minimum Gasteiger partial charge on any atom is -0.502 e. The number of imide groups is 1. The van der Waals surface area contributed by atoms with Crippen LogP contribution >= 0.6 is 0 Å². The Labute approximate surface area is 128 Å². The van der Waals surface area contributed by atoms with E-state index in [0.29, 0.717) is 11.3 Å². The smallest absolute Gasteiger partial charge is 0.301 e. The van der Waals surface area contributed by atoms with Crippen molar-refractivity contribution in [3.8, 4) is 0 Å². The van der Waals surface area contributed by atoms with Gasteiger partial charge in [-0.1, -0.05) is 42.5 Å². The van der Waals surface area contributed by atoms with E-state index in [1.807, 2.05) is 26.0 Å². The van der Waals surface area contributed by atoms with Crippen LogP contribution in [0.3, 0.4) is 0 Å². The molecule has 1 aliphatic heterocycles. The van der Waals surface area contributed by atoms with Gasteiger partial charge in [0.2, 0.25) is 0 Å². The van der Waals surface area contributed by atoms with Gasteiger partial charge in [0, 0.05) is 0 Å². The molecule has 1 aliphatic rings. The summed E-state index contributed by atoms with van der Waals surface area (Å²) < 4.78 is 0. The van der Waals surface area contributed by atoms with E-state index in [-0.39, 0.29) is 5.57 Å². The van der Waals surface area contributed by atoms with Crippen LogP contribution in [-0.2, 0) is 9.59 Å². The minimum atomic E-state index is -0.683. The van der Waals surface area contributed by atoms with Crippen molar-refractivity contribution < 1.29 is 14.7 Å². The number of carbonyl (C=O) groups is 2. The van der Waals surface area contributed by atoms with Crippen LogP contribution in [0.2, 0.25) is 0 Å². The molecule has 1 N–H and O–H groups in total. The van der Waals surface area contributed by atoms with Crippen LogP contribution in [0.5, 0.6) is 0 Å². The second-order valence-corrected chi connectivity index (χ2v) is 5.25. The lowest BCUT2D eigenvalue weighted by Crippen LogP contribution is -2.32. The Morgan fingerprint density at radius 2 is 1.55 bits per heavy atom. The molecule has 0 aliphatic carbocycles. The second kappa shape index (κ2) is 5.15. The first-order valence-electron chi connectivity index (χ1n) is 6.96. The lowest BCUT2D eigenvalue weighted by Gasteiger charge is -2.18. The predicted octanol–water partition coefficient (Wildman–Crippen LogP) is 3.15. The highest BCUT2D eigenvalue weighted by molar-refractivity contribution is 6.45. The van der Waals surface area contributed by atoms with Crippen LogP contribution in [0, 0.1) is 13.8 Å². The maximum Gasteiger partial charge on any atom is 0.301 e. The Bertz CT molecular complexity index is 806. The molecule has 2 aromatic rings. The fourth-order valence-corrected chi connectivity index (χ4v) is 2.58. The van der Waals surface area contributed by atoms with Crippen molar-refractivity contribution in [2.75, 3.05) is 4.90 Å². The molecule has 3 rings (SSSR count). The first-order valence-corrected chi connectivity index (χ1v) is 6.96. The van der Waals surface area contributed by atoms with Gasteiger partial charge >= 0.3 is 5.91 Å². The number of aryl methyl sites for hydroxylation is 1. The van der Waals surface area contributed by atoms with E-state index in [4.69, 9.17) is 0 Å². The monoisotopic (exact) mass is 293 g/mol. The van der Waals surface area contributed by atoms with Crippen molar-refractivity contribution in [1.29, 1.82) is 0 Å². The molecule has 0 aromatic heterocycles. The van der Waals surface area contributed by atoms with E-state index >= 15 is 0 Å². The van der Waals surface area contributed by atoms with E-state index in [1.54, 1.807) is 36.4 Å². The molecule has 22 heavy (non-hydrogen) atoms. The highest BCUT2D eigenvalue weighted by Crippen LogP contribution is 2.33. The van der Waals surface area contributed by atoms with Crippen LogP contribution in [0.4, 0.5) is 5.69 Å². The van der Waals surface area contributed by atoms with Crippen LogP contribution in [0.1, 0.15) is 16.7 Å². The number of rotatable bonds is 2. The number of aliphatic hydroxyl groups excluding tert-OH is 1. The lowest BCUT2D eigenvalue weighted by molar-refractivity contribution is -0.121. The average molecular weight is 293 g/mol. The largest absolute Gasteiger partial charge is 0.502 e. The van der Waals surface area contributed by atoms with Crippen LogP contribution in [-0.4, -0.2) is 16.9 Å². The molecule has 0 saturated heterocycles. The van der Waals surface area contributed by atoms with Gasteiger partial charge in [-0.05, 0) is 36.6 Å². The third-order valence-corrected chi connectivity index (χ3v) is 3.94. The third-order valence-electron chi connectivity index (χ3n) is 3.94. The summed E-state index contributed by atoms with van der Waals surface area (Å²) in [5, 5.41) is 10.1. The van der Waals surface area contributed by atoms with Crippen molar-refractivity contribution in [2.24, 2.45) is 0 Å². The van der Waals surface area contributed by atoms with Crippen LogP contribution in [0.25, 0.3) is 5.57 Å². The zero-order chi connectivity index (χ0) is 15.9. The zero-order valence-electron chi connectivity index (χ0n) is 12.3. The summed E-state index contributed by atoms with van der Waals surface area (Å²) >= 11 is 0. The highest BCUT2D eigenvalue weighted by atomic mass is 16.3. The van der Waals surface area contributed by atoms with Gasteiger partial charge in [-0.3, -0.25) is 9.59 Å². The summed E-state index contributed by atoms with van der Waals surface area (Å²) in [6, 6.07) is 14.1. The summed E-state index contributed by atoms with van der Waals surface area (Å²) in [5.74, 6) is -1.68. The number of nitrogens with zero attached hydrogens (tertiary/aromatic N) is 1. The molecule has 110 valence electrons. The van der Waals surface area contributed by atoms with Crippen molar-refractivity contribution in [3.63, 3.8) is 0 Å². The lowest BCUT2D eigenvalue weighted by atomic mass is 10.1. The Balaban J connectivity index is 2.11. The third kappa shape index (κ3) is 2.00. The quantitative estimate of drug-likeness (QED) is 0.865. The second-order valence-electron chi connectivity index (χ2n) is 5.25. The van der Waals surface area contributed by atoms with Crippen molar-refractivity contribution in [1.82, 2.24) is 0 Å². The summed E-state index contributed by atoms with van der Waals surface area (Å²) in [5.41, 5.74) is 2.90. The molecule has 4 heteroatoms. The average Bonchev–Trinajstić information content (AvgIpc) is 2.74. The fraction of sp³-hybridized carbons (Fsp3) is 0.111. The number of hydrogen-bond acceptors (Lipinski definition) is 3. The van der Waals surface area contributed by atoms with Gasteiger partial charge in [0.1, 0.15) is 0 Å². The molecule has 2 aromatic carbocycles. The molecule has 0 saturated carbocycles. The standard InChI is InChI=1S/C18H15NO3/c1-11-7-6-10-14(12(11)2)19-17(21)15(16(20)18(19)22)13-8-4-3-5-9-13/h3-10,20H,1-2H3. The van der Waals surface area contributed by atoms with E-state index in [2.05, 4.69) is 0 Å². The Hall–Kier alpha value is -2.88. The molecular formula is C18H15NO3. The summed E-state index contributed by atoms with van der Waals surface area (Å²) in [4.78, 5) is 26.1. The number of anilines is 1. The van der Waals surface area contributed by atoms with Crippen molar-refractivity contribution in [2.45, 2.75) is 13.8 Å². The molecular weight excluding hydrogens is 278 g/mol. The van der Waals surface area contributed by atoms with Crippen LogP contribution < -0.4 is 4.90 Å².